The summed E-state index contributed by atoms with van der Waals surface area (Å²) in [6.07, 6.45) is -5.81. The molecule has 1 aromatic heterocycles. The van der Waals surface area contributed by atoms with Crippen molar-refractivity contribution in [2.45, 2.75) is 12.8 Å². The number of carboxylic acid groups (broad SMARTS) is 1. The van der Waals surface area contributed by atoms with Gasteiger partial charge >= 0.3 is 12.3 Å². The zero-order chi connectivity index (χ0) is 13.2. The summed E-state index contributed by atoms with van der Waals surface area (Å²) < 4.78 is 39.4. The van der Waals surface area contributed by atoms with Crippen molar-refractivity contribution in [2.75, 3.05) is 5.73 Å². The van der Waals surface area contributed by atoms with E-state index < -0.39 is 41.8 Å². The van der Waals surface area contributed by atoms with Crippen molar-refractivity contribution in [1.29, 1.82) is 0 Å². The normalized spacial score (nSPS) is 11.2. The van der Waals surface area contributed by atoms with Crippen LogP contribution in [-0.4, -0.2) is 27.5 Å². The standard InChI is InChI=1S/C8H7F3N2O4/c9-8(10,11)17-7-3(2-5(15)16)1-4(14)6(12)13-7/h1,14H,2H2,(H2,12,13)(H,15,16). The highest BCUT2D eigenvalue weighted by Crippen LogP contribution is 2.30. The quantitative estimate of drug-likeness (QED) is 0.737. The Balaban J connectivity index is 3.16. The highest BCUT2D eigenvalue weighted by Gasteiger charge is 2.33. The van der Waals surface area contributed by atoms with Crippen molar-refractivity contribution in [3.63, 3.8) is 0 Å². The number of aromatic hydroxyl groups is 1. The Morgan fingerprint density at radius 2 is 2.12 bits per heavy atom. The van der Waals surface area contributed by atoms with Gasteiger partial charge in [0, 0.05) is 5.56 Å². The maximum atomic E-state index is 12.0. The third-order valence-electron chi connectivity index (χ3n) is 1.62. The van der Waals surface area contributed by atoms with E-state index in [1.165, 1.54) is 0 Å². The molecule has 0 spiro atoms. The van der Waals surface area contributed by atoms with Crippen LogP contribution >= 0.6 is 0 Å². The van der Waals surface area contributed by atoms with Gasteiger partial charge in [-0.1, -0.05) is 0 Å². The van der Waals surface area contributed by atoms with Crippen LogP contribution in [0, 0.1) is 0 Å². The topological polar surface area (TPSA) is 106 Å². The second kappa shape index (κ2) is 4.36. The largest absolute Gasteiger partial charge is 0.574 e. The van der Waals surface area contributed by atoms with E-state index in [0.29, 0.717) is 0 Å². The summed E-state index contributed by atoms with van der Waals surface area (Å²) in [6.45, 7) is 0. The summed E-state index contributed by atoms with van der Waals surface area (Å²) in [6, 6.07) is 0.761. The van der Waals surface area contributed by atoms with E-state index in [1.807, 2.05) is 0 Å². The third-order valence-corrected chi connectivity index (χ3v) is 1.62. The average Bonchev–Trinajstić information content (AvgIpc) is 2.10. The molecule has 1 rings (SSSR count). The van der Waals surface area contributed by atoms with Crippen molar-refractivity contribution in [3.8, 4) is 11.6 Å². The van der Waals surface area contributed by atoms with E-state index in [-0.39, 0.29) is 0 Å². The lowest BCUT2D eigenvalue weighted by Gasteiger charge is -2.12. The molecule has 0 fully saturated rings. The van der Waals surface area contributed by atoms with Crippen molar-refractivity contribution in [3.05, 3.63) is 11.6 Å². The van der Waals surface area contributed by atoms with Crippen molar-refractivity contribution >= 4 is 11.8 Å². The number of halogens is 3. The number of ether oxygens (including phenoxy) is 1. The van der Waals surface area contributed by atoms with Gasteiger partial charge in [0.25, 0.3) is 0 Å². The maximum absolute atomic E-state index is 12.0. The maximum Gasteiger partial charge on any atom is 0.574 e. The number of alkyl halides is 3. The predicted molar refractivity (Wildman–Crippen MR) is 48.3 cm³/mol. The molecule has 0 bridgehead atoms. The van der Waals surface area contributed by atoms with Crippen molar-refractivity contribution in [1.82, 2.24) is 4.98 Å². The molecule has 0 aromatic carbocycles. The molecule has 0 unspecified atom stereocenters. The van der Waals surface area contributed by atoms with Crippen LogP contribution in [0.25, 0.3) is 0 Å². The Morgan fingerprint density at radius 3 is 2.59 bits per heavy atom. The van der Waals surface area contributed by atoms with Crippen molar-refractivity contribution in [2.24, 2.45) is 0 Å². The summed E-state index contributed by atoms with van der Waals surface area (Å²) in [7, 11) is 0. The first-order valence-electron chi connectivity index (χ1n) is 4.15. The minimum Gasteiger partial charge on any atom is -0.504 e. The number of hydrogen-bond acceptors (Lipinski definition) is 5. The second-order valence-electron chi connectivity index (χ2n) is 2.98. The van der Waals surface area contributed by atoms with Crippen LogP contribution in [0.2, 0.25) is 0 Å². The fourth-order valence-corrected chi connectivity index (χ4v) is 1.03. The Hall–Kier alpha value is -2.19. The number of nitrogens with two attached hydrogens (primary N) is 1. The van der Waals surface area contributed by atoms with E-state index in [1.54, 1.807) is 0 Å². The average molecular weight is 252 g/mol. The molecule has 17 heavy (non-hydrogen) atoms. The molecule has 0 aliphatic rings. The third kappa shape index (κ3) is 3.70. The molecule has 0 saturated carbocycles. The lowest BCUT2D eigenvalue weighted by molar-refractivity contribution is -0.276. The number of carboxylic acids is 1. The van der Waals surface area contributed by atoms with E-state index in [0.717, 1.165) is 6.07 Å². The van der Waals surface area contributed by atoms with Gasteiger partial charge in [-0.3, -0.25) is 4.79 Å². The van der Waals surface area contributed by atoms with Gasteiger partial charge in [0.2, 0.25) is 5.88 Å². The molecular formula is C8H7F3N2O4. The number of anilines is 1. The van der Waals surface area contributed by atoms with E-state index >= 15 is 0 Å². The minimum absolute atomic E-state index is 0.429. The molecular weight excluding hydrogens is 245 g/mol. The molecule has 0 atom stereocenters. The van der Waals surface area contributed by atoms with Gasteiger partial charge < -0.3 is 20.7 Å². The number of rotatable bonds is 3. The van der Waals surface area contributed by atoms with Crippen LogP contribution in [0.5, 0.6) is 11.6 Å². The number of aromatic nitrogens is 1. The van der Waals surface area contributed by atoms with E-state index in [9.17, 15) is 18.0 Å². The lowest BCUT2D eigenvalue weighted by atomic mass is 10.2. The smallest absolute Gasteiger partial charge is 0.504 e. The molecule has 4 N–H and O–H groups in total. The highest BCUT2D eigenvalue weighted by molar-refractivity contribution is 5.71. The van der Waals surface area contributed by atoms with Crippen LogP contribution in [0.1, 0.15) is 5.56 Å². The van der Waals surface area contributed by atoms with Gasteiger partial charge in [0.05, 0.1) is 6.42 Å². The zero-order valence-electron chi connectivity index (χ0n) is 8.15. The van der Waals surface area contributed by atoms with Gasteiger partial charge in [0.15, 0.2) is 11.6 Å². The molecule has 0 aliphatic heterocycles. The molecule has 0 amide bonds. The Bertz CT molecular complexity index is 447. The Morgan fingerprint density at radius 1 is 1.53 bits per heavy atom. The fraction of sp³-hybridized carbons (Fsp3) is 0.250. The van der Waals surface area contributed by atoms with Crippen LogP contribution in [0.4, 0.5) is 19.0 Å². The summed E-state index contributed by atoms with van der Waals surface area (Å²) in [5, 5.41) is 17.6. The van der Waals surface area contributed by atoms with Crippen molar-refractivity contribution < 1.29 is 32.9 Å². The molecule has 1 heterocycles. The summed E-state index contributed by atoms with van der Waals surface area (Å²) in [5.74, 6) is -3.59. The molecule has 94 valence electrons. The first-order valence-corrected chi connectivity index (χ1v) is 4.15. The Kier molecular flexibility index (Phi) is 3.30. The van der Waals surface area contributed by atoms with Crippen LogP contribution in [0.15, 0.2) is 6.07 Å². The fourth-order valence-electron chi connectivity index (χ4n) is 1.03. The molecule has 9 heteroatoms. The molecule has 0 radical (unpaired) electrons. The van der Waals surface area contributed by atoms with Crippen LogP contribution in [-0.2, 0) is 11.2 Å². The first kappa shape index (κ1) is 12.9. The SMILES string of the molecule is Nc1nc(OC(F)(F)F)c(CC(=O)O)cc1O. The van der Waals surface area contributed by atoms with Gasteiger partial charge in [0.1, 0.15) is 0 Å². The molecule has 0 aliphatic carbocycles. The van der Waals surface area contributed by atoms with Crippen LogP contribution < -0.4 is 10.5 Å². The van der Waals surface area contributed by atoms with Gasteiger partial charge in [-0.05, 0) is 6.07 Å². The van der Waals surface area contributed by atoms with Gasteiger partial charge in [-0.15, -0.1) is 13.2 Å². The number of carbonyl (C=O) groups is 1. The lowest BCUT2D eigenvalue weighted by Crippen LogP contribution is -2.20. The van der Waals surface area contributed by atoms with Gasteiger partial charge in [-0.2, -0.15) is 4.98 Å². The van der Waals surface area contributed by atoms with Gasteiger partial charge in [-0.25, -0.2) is 0 Å². The highest BCUT2D eigenvalue weighted by atomic mass is 19.4. The molecule has 6 nitrogen and oxygen atoms in total. The predicted octanol–water partition coefficient (Wildman–Crippen LogP) is 0.895. The van der Waals surface area contributed by atoms with E-state index in [4.69, 9.17) is 15.9 Å². The van der Waals surface area contributed by atoms with Crippen LogP contribution in [0.3, 0.4) is 0 Å². The monoisotopic (exact) mass is 252 g/mol. The molecule has 0 saturated heterocycles. The minimum atomic E-state index is -5.02. The second-order valence-corrected chi connectivity index (χ2v) is 2.98. The number of pyridine rings is 1. The number of aliphatic carboxylic acids is 1. The summed E-state index contributed by atoms with van der Waals surface area (Å²) >= 11 is 0. The summed E-state index contributed by atoms with van der Waals surface area (Å²) in [5.41, 5.74) is 4.65. The summed E-state index contributed by atoms with van der Waals surface area (Å²) in [4.78, 5) is 13.5. The Labute approximate surface area is 92.4 Å². The van der Waals surface area contributed by atoms with E-state index in [2.05, 4.69) is 9.72 Å². The zero-order valence-corrected chi connectivity index (χ0v) is 8.15. The number of hydrogen-bond donors (Lipinski definition) is 3. The first-order chi connectivity index (χ1) is 7.69. The molecule has 1 aromatic rings. The number of nitrogen functional groups attached to an aromatic ring is 1. The number of nitrogens with zero attached hydrogens (tertiary/aromatic N) is 1.